The summed E-state index contributed by atoms with van der Waals surface area (Å²) in [5.41, 5.74) is 3.84. The fourth-order valence-electron chi connectivity index (χ4n) is 5.82. The smallest absolute Gasteiger partial charge is 0.480 e. The molecule has 1 aliphatic carbocycles. The number of carbonyl (C=O) groups is 2. The van der Waals surface area contributed by atoms with Crippen LogP contribution in [0, 0.1) is 5.92 Å². The normalized spacial score (nSPS) is 18.5. The van der Waals surface area contributed by atoms with E-state index >= 15 is 0 Å². The lowest BCUT2D eigenvalue weighted by atomic mass is 9.73. The number of benzene rings is 2. The average Bonchev–Trinajstić information content (AvgIpc) is 2.95. The fourth-order valence-corrected chi connectivity index (χ4v) is 5.82. The lowest BCUT2D eigenvalue weighted by Crippen LogP contribution is -2.57. The highest BCUT2D eigenvalue weighted by atomic mass is 16.6. The van der Waals surface area contributed by atoms with Gasteiger partial charge in [0.1, 0.15) is 19.3 Å². The van der Waals surface area contributed by atoms with Gasteiger partial charge in [0.25, 0.3) is 5.91 Å². The standard InChI is InChI=1S/C31H42BN3O6/c1-21(2)18-29(32-40-14-12-33-13-15-41-32)35-31(37)26(19-22-10-11-27-28(20-22)39-17-16-38-27)34-30(36)25-9-5-7-23-6-3-4-8-24(23)25/h5,7,9-11,20-21,26,29,33H,3-4,6,8,12-19H2,1-2H3,(H,34,36)(H,35,37)/t26-,29-/m0/s1. The van der Waals surface area contributed by atoms with Crippen LogP contribution in [0.2, 0.25) is 0 Å². The lowest BCUT2D eigenvalue weighted by molar-refractivity contribution is -0.123. The molecule has 10 heteroatoms. The summed E-state index contributed by atoms with van der Waals surface area (Å²) in [5.74, 6) is 0.787. The molecule has 2 heterocycles. The molecule has 0 bridgehead atoms. The molecule has 0 saturated carbocycles. The zero-order valence-corrected chi connectivity index (χ0v) is 24.2. The Hall–Kier alpha value is -3.08. The molecule has 1 saturated heterocycles. The third kappa shape index (κ3) is 7.81. The maximum Gasteiger partial charge on any atom is 0.480 e. The fraction of sp³-hybridized carbons (Fsp3) is 0.548. The summed E-state index contributed by atoms with van der Waals surface area (Å²) < 4.78 is 23.5. The zero-order valence-electron chi connectivity index (χ0n) is 24.2. The van der Waals surface area contributed by atoms with E-state index in [0.29, 0.717) is 62.2 Å². The first kappa shape index (κ1) is 29.4. The van der Waals surface area contributed by atoms with E-state index in [1.807, 2.05) is 30.3 Å². The van der Waals surface area contributed by atoms with Gasteiger partial charge in [0.15, 0.2) is 11.5 Å². The molecular formula is C31H42BN3O6. The Balaban J connectivity index is 1.38. The Bertz CT molecular complexity index is 1200. The minimum atomic E-state index is -0.811. The van der Waals surface area contributed by atoms with Crippen LogP contribution < -0.4 is 25.4 Å². The first-order valence-corrected chi connectivity index (χ1v) is 15.0. The SMILES string of the molecule is CC(C)C[C@H](NC(=O)[C@H](Cc1ccc2c(c1)OCCO2)NC(=O)c1cccc2c1CCCC2)B1OCCNCCO1. The molecule has 5 rings (SSSR count). The van der Waals surface area contributed by atoms with Crippen LogP contribution in [0.1, 0.15) is 60.2 Å². The molecule has 0 spiro atoms. The first-order chi connectivity index (χ1) is 20.0. The molecular weight excluding hydrogens is 521 g/mol. The second kappa shape index (κ2) is 14.2. The monoisotopic (exact) mass is 563 g/mol. The van der Waals surface area contributed by atoms with Gasteiger partial charge in [0, 0.05) is 38.3 Å². The van der Waals surface area contributed by atoms with Crippen molar-refractivity contribution >= 4 is 18.9 Å². The molecule has 0 unspecified atom stereocenters. The summed E-state index contributed by atoms with van der Waals surface area (Å²) in [7, 11) is -0.560. The molecule has 2 aliphatic heterocycles. The van der Waals surface area contributed by atoms with Crippen molar-refractivity contribution in [3.05, 3.63) is 58.7 Å². The van der Waals surface area contributed by atoms with E-state index in [1.54, 1.807) is 0 Å². The second-order valence-electron chi connectivity index (χ2n) is 11.5. The van der Waals surface area contributed by atoms with Gasteiger partial charge in [-0.1, -0.05) is 32.0 Å². The third-order valence-electron chi connectivity index (χ3n) is 7.81. The van der Waals surface area contributed by atoms with Gasteiger partial charge < -0.3 is 34.7 Å². The summed E-state index contributed by atoms with van der Waals surface area (Å²) in [4.78, 5) is 27.7. The number of hydrogen-bond donors (Lipinski definition) is 3. The summed E-state index contributed by atoms with van der Waals surface area (Å²) in [6.45, 7) is 7.64. The molecule has 1 fully saturated rings. The van der Waals surface area contributed by atoms with Crippen molar-refractivity contribution in [3.8, 4) is 11.5 Å². The van der Waals surface area contributed by atoms with Crippen LogP contribution in [0.5, 0.6) is 11.5 Å². The van der Waals surface area contributed by atoms with Gasteiger partial charge in [-0.3, -0.25) is 9.59 Å². The number of amides is 2. The van der Waals surface area contributed by atoms with Gasteiger partial charge in [-0.05, 0) is 72.9 Å². The number of aryl methyl sites for hydroxylation is 1. The predicted molar refractivity (Wildman–Crippen MR) is 157 cm³/mol. The van der Waals surface area contributed by atoms with Crippen molar-refractivity contribution in [2.75, 3.05) is 39.5 Å². The summed E-state index contributed by atoms with van der Waals surface area (Å²) in [6.07, 6.45) is 5.03. The summed E-state index contributed by atoms with van der Waals surface area (Å²) in [5, 5.41) is 9.52. The molecule has 2 aromatic rings. The van der Waals surface area contributed by atoms with Gasteiger partial charge in [-0.2, -0.15) is 0 Å². The van der Waals surface area contributed by atoms with Gasteiger partial charge >= 0.3 is 7.12 Å². The first-order valence-electron chi connectivity index (χ1n) is 15.0. The van der Waals surface area contributed by atoms with Crippen molar-refractivity contribution in [2.24, 2.45) is 5.92 Å². The molecule has 9 nitrogen and oxygen atoms in total. The maximum absolute atomic E-state index is 14.0. The van der Waals surface area contributed by atoms with E-state index in [-0.39, 0.29) is 17.8 Å². The van der Waals surface area contributed by atoms with Gasteiger partial charge in [-0.15, -0.1) is 0 Å². The minimum absolute atomic E-state index is 0.230. The molecule has 2 amide bonds. The van der Waals surface area contributed by atoms with Crippen molar-refractivity contribution in [1.29, 1.82) is 0 Å². The second-order valence-corrected chi connectivity index (χ2v) is 11.5. The van der Waals surface area contributed by atoms with Crippen LogP contribution in [-0.4, -0.2) is 70.4 Å². The molecule has 0 radical (unpaired) electrons. The van der Waals surface area contributed by atoms with E-state index in [0.717, 1.165) is 49.9 Å². The Kier molecular flexibility index (Phi) is 10.2. The average molecular weight is 564 g/mol. The van der Waals surface area contributed by atoms with Gasteiger partial charge in [-0.25, -0.2) is 0 Å². The van der Waals surface area contributed by atoms with Crippen molar-refractivity contribution < 1.29 is 28.4 Å². The van der Waals surface area contributed by atoms with Crippen LogP contribution in [-0.2, 0) is 33.4 Å². The summed E-state index contributed by atoms with van der Waals surface area (Å²) >= 11 is 0. The van der Waals surface area contributed by atoms with Crippen molar-refractivity contribution in [3.63, 3.8) is 0 Å². The van der Waals surface area contributed by atoms with Crippen LogP contribution in [0.25, 0.3) is 0 Å². The third-order valence-corrected chi connectivity index (χ3v) is 7.81. The highest BCUT2D eigenvalue weighted by Gasteiger charge is 2.35. The molecule has 3 aliphatic rings. The molecule has 2 atom stereocenters. The Morgan fingerprint density at radius 3 is 2.46 bits per heavy atom. The topological polar surface area (TPSA) is 107 Å². The van der Waals surface area contributed by atoms with E-state index in [2.05, 4.69) is 35.9 Å². The molecule has 2 aromatic carbocycles. The molecule has 0 aromatic heterocycles. The Labute approximate surface area is 243 Å². The van der Waals surface area contributed by atoms with Crippen LogP contribution in [0.3, 0.4) is 0 Å². The van der Waals surface area contributed by atoms with Crippen molar-refractivity contribution in [1.82, 2.24) is 16.0 Å². The number of rotatable bonds is 9. The molecule has 220 valence electrons. The Morgan fingerprint density at radius 2 is 1.68 bits per heavy atom. The number of nitrogens with one attached hydrogen (secondary N) is 3. The quantitative estimate of drug-likeness (QED) is 0.403. The number of ether oxygens (including phenoxy) is 2. The molecule has 3 N–H and O–H groups in total. The largest absolute Gasteiger partial charge is 0.486 e. The predicted octanol–water partition coefficient (Wildman–Crippen LogP) is 2.87. The van der Waals surface area contributed by atoms with Crippen LogP contribution in [0.15, 0.2) is 36.4 Å². The van der Waals surface area contributed by atoms with E-state index < -0.39 is 13.2 Å². The molecule has 41 heavy (non-hydrogen) atoms. The minimum Gasteiger partial charge on any atom is -0.486 e. The number of hydrogen-bond acceptors (Lipinski definition) is 7. The van der Waals surface area contributed by atoms with E-state index in [9.17, 15) is 9.59 Å². The van der Waals surface area contributed by atoms with Crippen molar-refractivity contribution in [2.45, 2.75) is 64.4 Å². The van der Waals surface area contributed by atoms with Crippen LogP contribution >= 0.6 is 0 Å². The van der Waals surface area contributed by atoms with E-state index in [4.69, 9.17) is 18.8 Å². The maximum atomic E-state index is 14.0. The highest BCUT2D eigenvalue weighted by Crippen LogP contribution is 2.31. The number of fused-ring (bicyclic) bond motifs is 2. The van der Waals surface area contributed by atoms with Gasteiger partial charge in [0.05, 0.1) is 5.94 Å². The summed E-state index contributed by atoms with van der Waals surface area (Å²) in [6, 6.07) is 10.8. The zero-order chi connectivity index (χ0) is 28.6. The van der Waals surface area contributed by atoms with Crippen LogP contribution in [0.4, 0.5) is 0 Å². The number of carbonyl (C=O) groups excluding carboxylic acids is 2. The van der Waals surface area contributed by atoms with Gasteiger partial charge in [0.2, 0.25) is 5.91 Å². The van der Waals surface area contributed by atoms with E-state index in [1.165, 1.54) is 5.56 Å². The Morgan fingerprint density at radius 1 is 0.927 bits per heavy atom. The highest BCUT2D eigenvalue weighted by molar-refractivity contribution is 6.47. The lowest BCUT2D eigenvalue weighted by Gasteiger charge is -2.29.